The molecule has 2 heterocycles. The van der Waals surface area contributed by atoms with E-state index < -0.39 is 10.0 Å². The van der Waals surface area contributed by atoms with E-state index in [1.807, 2.05) is 12.3 Å². The zero-order chi connectivity index (χ0) is 14.6. The molecule has 0 spiro atoms. The Morgan fingerprint density at radius 2 is 2.25 bits per heavy atom. The smallest absolute Gasteiger partial charge is 0.244 e. The Morgan fingerprint density at radius 1 is 1.45 bits per heavy atom. The number of hydrogen-bond donors (Lipinski definition) is 1. The van der Waals surface area contributed by atoms with Gasteiger partial charge >= 0.3 is 0 Å². The van der Waals surface area contributed by atoms with Crippen LogP contribution in [0.15, 0.2) is 16.3 Å². The first kappa shape index (κ1) is 15.9. The first-order chi connectivity index (χ1) is 9.59. The van der Waals surface area contributed by atoms with Crippen LogP contribution in [0.1, 0.15) is 38.0 Å². The second-order valence-electron chi connectivity index (χ2n) is 5.29. The van der Waals surface area contributed by atoms with Crippen LogP contribution in [0.2, 0.25) is 0 Å². The summed E-state index contributed by atoms with van der Waals surface area (Å²) in [7, 11) is -3.30. The van der Waals surface area contributed by atoms with Crippen molar-refractivity contribution < 1.29 is 8.42 Å². The molecule has 1 aliphatic heterocycles. The van der Waals surface area contributed by atoms with Crippen molar-refractivity contribution in [2.75, 3.05) is 19.6 Å². The van der Waals surface area contributed by atoms with Crippen LogP contribution in [0.25, 0.3) is 0 Å². The molecule has 0 aromatic carbocycles. The third-order valence-electron chi connectivity index (χ3n) is 3.80. The topological polar surface area (TPSA) is 49.4 Å². The SMILES string of the molecule is CCCC1CCN(S(=O)(=O)c2ccsc2CNCC)C1. The van der Waals surface area contributed by atoms with Crippen molar-refractivity contribution >= 4 is 21.4 Å². The van der Waals surface area contributed by atoms with E-state index in [2.05, 4.69) is 12.2 Å². The maximum atomic E-state index is 12.7. The molecule has 1 atom stereocenters. The number of hydrogen-bond acceptors (Lipinski definition) is 4. The van der Waals surface area contributed by atoms with Gasteiger partial charge in [0.15, 0.2) is 0 Å². The highest BCUT2D eigenvalue weighted by molar-refractivity contribution is 7.89. The van der Waals surface area contributed by atoms with E-state index in [9.17, 15) is 8.42 Å². The van der Waals surface area contributed by atoms with Crippen molar-refractivity contribution in [2.45, 2.75) is 44.6 Å². The third-order valence-corrected chi connectivity index (χ3v) is 6.80. The molecule has 1 unspecified atom stereocenters. The van der Waals surface area contributed by atoms with Crippen LogP contribution in [0.5, 0.6) is 0 Å². The number of sulfonamides is 1. The molecule has 114 valence electrons. The van der Waals surface area contributed by atoms with Crippen LogP contribution in [0, 0.1) is 5.92 Å². The van der Waals surface area contributed by atoms with Crippen molar-refractivity contribution in [3.05, 3.63) is 16.3 Å². The fraction of sp³-hybridized carbons (Fsp3) is 0.714. The highest BCUT2D eigenvalue weighted by Crippen LogP contribution is 2.30. The zero-order valence-electron chi connectivity index (χ0n) is 12.3. The summed E-state index contributed by atoms with van der Waals surface area (Å²) in [6, 6.07) is 1.75. The summed E-state index contributed by atoms with van der Waals surface area (Å²) in [6.07, 6.45) is 3.25. The maximum Gasteiger partial charge on any atom is 0.244 e. The van der Waals surface area contributed by atoms with E-state index in [4.69, 9.17) is 0 Å². The van der Waals surface area contributed by atoms with Crippen LogP contribution >= 0.6 is 11.3 Å². The Bertz CT molecular complexity index is 525. The second-order valence-corrected chi connectivity index (χ2v) is 8.20. The molecule has 0 saturated carbocycles. The minimum Gasteiger partial charge on any atom is -0.312 e. The van der Waals surface area contributed by atoms with Crippen molar-refractivity contribution in [2.24, 2.45) is 5.92 Å². The molecule has 1 aliphatic rings. The van der Waals surface area contributed by atoms with Gasteiger partial charge in [-0.15, -0.1) is 11.3 Å². The molecule has 4 nitrogen and oxygen atoms in total. The van der Waals surface area contributed by atoms with Gasteiger partial charge in [0.2, 0.25) is 10.0 Å². The number of rotatable bonds is 7. The fourth-order valence-corrected chi connectivity index (χ4v) is 5.64. The molecule has 1 aromatic heterocycles. The number of thiophene rings is 1. The maximum absolute atomic E-state index is 12.7. The van der Waals surface area contributed by atoms with Crippen LogP contribution in [0.3, 0.4) is 0 Å². The predicted octanol–water partition coefficient (Wildman–Crippen LogP) is 2.67. The normalized spacial score (nSPS) is 20.6. The molecule has 1 saturated heterocycles. The van der Waals surface area contributed by atoms with Gasteiger partial charge in [-0.1, -0.05) is 20.3 Å². The molecule has 0 radical (unpaired) electrons. The molecule has 1 N–H and O–H groups in total. The molecule has 6 heteroatoms. The summed E-state index contributed by atoms with van der Waals surface area (Å²) in [4.78, 5) is 1.42. The molecule has 1 aromatic rings. The van der Waals surface area contributed by atoms with E-state index in [1.54, 1.807) is 10.4 Å². The molecular formula is C14H24N2O2S2. The van der Waals surface area contributed by atoms with Gasteiger partial charge < -0.3 is 5.32 Å². The van der Waals surface area contributed by atoms with Crippen molar-refractivity contribution in [3.63, 3.8) is 0 Å². The highest BCUT2D eigenvalue weighted by Gasteiger charge is 2.33. The summed E-state index contributed by atoms with van der Waals surface area (Å²) in [5.74, 6) is 0.533. The fourth-order valence-electron chi connectivity index (χ4n) is 2.72. The summed E-state index contributed by atoms with van der Waals surface area (Å²) in [6.45, 7) is 7.02. The van der Waals surface area contributed by atoms with Gasteiger partial charge in [0.05, 0.1) is 4.90 Å². The Morgan fingerprint density at radius 3 is 2.95 bits per heavy atom. The summed E-state index contributed by atoms with van der Waals surface area (Å²) >= 11 is 1.52. The highest BCUT2D eigenvalue weighted by atomic mass is 32.2. The van der Waals surface area contributed by atoms with Gasteiger partial charge in [-0.25, -0.2) is 8.42 Å². The number of nitrogens with one attached hydrogen (secondary N) is 1. The molecule has 20 heavy (non-hydrogen) atoms. The van der Waals surface area contributed by atoms with Gasteiger partial charge in [0, 0.05) is 24.5 Å². The van der Waals surface area contributed by atoms with Crippen LogP contribution < -0.4 is 5.32 Å². The lowest BCUT2D eigenvalue weighted by molar-refractivity contribution is 0.444. The molecule has 0 amide bonds. The molecular weight excluding hydrogens is 292 g/mol. The van der Waals surface area contributed by atoms with Gasteiger partial charge in [-0.3, -0.25) is 0 Å². The van der Waals surface area contributed by atoms with Crippen molar-refractivity contribution in [3.8, 4) is 0 Å². The first-order valence-electron chi connectivity index (χ1n) is 7.36. The van der Waals surface area contributed by atoms with Gasteiger partial charge in [-0.05, 0) is 36.8 Å². The average Bonchev–Trinajstić information content (AvgIpc) is 3.05. The van der Waals surface area contributed by atoms with E-state index >= 15 is 0 Å². The second kappa shape index (κ2) is 7.02. The summed E-state index contributed by atoms with van der Waals surface area (Å²) in [5.41, 5.74) is 0. The van der Waals surface area contributed by atoms with Gasteiger partial charge in [0.25, 0.3) is 0 Å². The van der Waals surface area contributed by atoms with Crippen molar-refractivity contribution in [1.29, 1.82) is 0 Å². The lowest BCUT2D eigenvalue weighted by Crippen LogP contribution is -2.29. The molecule has 0 bridgehead atoms. The molecule has 1 fully saturated rings. The quantitative estimate of drug-likeness (QED) is 0.841. The number of nitrogens with zero attached hydrogens (tertiary/aromatic N) is 1. The Labute approximate surface area is 126 Å². The standard InChI is InChI=1S/C14H24N2O2S2/c1-3-5-12-6-8-16(11-12)20(17,18)14-7-9-19-13(14)10-15-4-2/h7,9,12,15H,3-6,8,10-11H2,1-2H3. The van der Waals surface area contributed by atoms with E-state index in [0.29, 0.717) is 30.4 Å². The van der Waals surface area contributed by atoms with Crippen LogP contribution in [-0.2, 0) is 16.6 Å². The Kier molecular flexibility index (Phi) is 5.60. The summed E-state index contributed by atoms with van der Waals surface area (Å²) < 4.78 is 27.1. The monoisotopic (exact) mass is 316 g/mol. The van der Waals surface area contributed by atoms with E-state index in [-0.39, 0.29) is 0 Å². The van der Waals surface area contributed by atoms with E-state index in [1.165, 1.54) is 11.3 Å². The van der Waals surface area contributed by atoms with Gasteiger partial charge in [0.1, 0.15) is 0 Å². The van der Waals surface area contributed by atoms with E-state index in [0.717, 1.165) is 30.7 Å². The molecule has 2 rings (SSSR count). The third kappa shape index (κ3) is 3.42. The Balaban J connectivity index is 2.13. The predicted molar refractivity (Wildman–Crippen MR) is 83.5 cm³/mol. The van der Waals surface area contributed by atoms with Gasteiger partial charge in [-0.2, -0.15) is 4.31 Å². The van der Waals surface area contributed by atoms with Crippen LogP contribution in [0.4, 0.5) is 0 Å². The van der Waals surface area contributed by atoms with Crippen LogP contribution in [-0.4, -0.2) is 32.4 Å². The average molecular weight is 316 g/mol. The zero-order valence-corrected chi connectivity index (χ0v) is 13.9. The minimum absolute atomic E-state index is 0.501. The lowest BCUT2D eigenvalue weighted by Gasteiger charge is -2.17. The Hall–Kier alpha value is -0.430. The first-order valence-corrected chi connectivity index (χ1v) is 9.68. The van der Waals surface area contributed by atoms with Crippen molar-refractivity contribution in [1.82, 2.24) is 9.62 Å². The summed E-state index contributed by atoms with van der Waals surface area (Å²) in [5, 5.41) is 5.08. The largest absolute Gasteiger partial charge is 0.312 e. The molecule has 0 aliphatic carbocycles. The minimum atomic E-state index is -3.30. The lowest BCUT2D eigenvalue weighted by atomic mass is 10.0.